The Labute approximate surface area is 98.0 Å². The van der Waals surface area contributed by atoms with Crippen molar-refractivity contribution >= 4 is 5.71 Å². The van der Waals surface area contributed by atoms with E-state index >= 15 is 0 Å². The summed E-state index contributed by atoms with van der Waals surface area (Å²) < 4.78 is 4.97. The molecule has 0 atom stereocenters. The Bertz CT molecular complexity index is 276. The van der Waals surface area contributed by atoms with E-state index in [0.29, 0.717) is 6.54 Å². The molecule has 0 aliphatic heterocycles. The maximum Gasteiger partial charge on any atom is 0.190 e. The van der Waals surface area contributed by atoms with E-state index in [1.807, 2.05) is 33.9 Å². The second-order valence-corrected chi connectivity index (χ2v) is 2.64. The minimum Gasteiger partial charge on any atom is -0.464 e. The Balaban J connectivity index is 0. The van der Waals surface area contributed by atoms with Crippen LogP contribution in [0.4, 0.5) is 0 Å². The Morgan fingerprint density at radius 1 is 1.50 bits per heavy atom. The number of aliphatic imine (C=N–C) groups is 1. The predicted molar refractivity (Wildman–Crippen MR) is 67.1 cm³/mol. The average Bonchev–Trinajstić information content (AvgIpc) is 2.34. The molecule has 0 aromatic rings. The smallest absolute Gasteiger partial charge is 0.190 e. The van der Waals surface area contributed by atoms with Crippen molar-refractivity contribution in [1.29, 1.82) is 5.26 Å². The van der Waals surface area contributed by atoms with E-state index in [9.17, 15) is 0 Å². The van der Waals surface area contributed by atoms with Gasteiger partial charge in [-0.3, -0.25) is 4.99 Å². The van der Waals surface area contributed by atoms with E-state index < -0.39 is 0 Å². The number of hydrogen-bond acceptors (Lipinski definition) is 5. The number of rotatable bonds is 5. The lowest BCUT2D eigenvalue weighted by atomic mass is 10.2. The van der Waals surface area contributed by atoms with Crippen LogP contribution >= 0.6 is 0 Å². The van der Waals surface area contributed by atoms with Crippen LogP contribution < -0.4 is 11.1 Å². The van der Waals surface area contributed by atoms with Gasteiger partial charge >= 0.3 is 0 Å². The molecule has 0 unspecified atom stereocenters. The molecule has 0 aliphatic carbocycles. The second-order valence-electron chi connectivity index (χ2n) is 2.64. The third-order valence-electron chi connectivity index (χ3n) is 1.71. The largest absolute Gasteiger partial charge is 0.464 e. The van der Waals surface area contributed by atoms with E-state index in [-0.39, 0.29) is 12.5 Å². The van der Waals surface area contributed by atoms with E-state index in [4.69, 9.17) is 15.7 Å². The molecule has 0 radical (unpaired) electrons. The summed E-state index contributed by atoms with van der Waals surface area (Å²) in [5, 5.41) is 11.3. The minimum atomic E-state index is -0.0419. The van der Waals surface area contributed by atoms with Crippen LogP contribution in [0.5, 0.6) is 0 Å². The van der Waals surface area contributed by atoms with Gasteiger partial charge in [-0.05, 0) is 14.0 Å². The first kappa shape index (κ1) is 16.9. The van der Waals surface area contributed by atoms with E-state index in [0.717, 1.165) is 11.3 Å². The highest BCUT2D eigenvalue weighted by Crippen LogP contribution is 2.02. The van der Waals surface area contributed by atoms with Gasteiger partial charge in [0, 0.05) is 19.2 Å². The normalized spacial score (nSPS) is 11.9. The van der Waals surface area contributed by atoms with Crippen LogP contribution in [0.1, 0.15) is 20.8 Å². The lowest BCUT2D eigenvalue weighted by Crippen LogP contribution is -2.22. The van der Waals surface area contributed by atoms with Crippen LogP contribution in [0.15, 0.2) is 16.4 Å². The lowest BCUT2D eigenvalue weighted by molar-refractivity contribution is 0.246. The molecule has 0 fully saturated rings. The van der Waals surface area contributed by atoms with Crippen LogP contribution in [-0.2, 0) is 4.74 Å². The molecule has 0 aromatic carbocycles. The van der Waals surface area contributed by atoms with E-state index in [2.05, 4.69) is 10.3 Å². The Hall–Kier alpha value is -1.54. The van der Waals surface area contributed by atoms with Crippen molar-refractivity contribution in [3.63, 3.8) is 0 Å². The standard InChI is InChI=1S/C9H16N4O.C2H6/c1-7(8(13-3)6-12-2)9(11)14-5-4-10;1-2/h12H,5-6,11H2,1-3H3;1-2H3/b9-7+,13-8?;. The van der Waals surface area contributed by atoms with Gasteiger partial charge in [0.05, 0.1) is 5.71 Å². The van der Waals surface area contributed by atoms with Crippen LogP contribution in [0.25, 0.3) is 0 Å². The Kier molecular flexibility index (Phi) is 12.2. The monoisotopic (exact) mass is 226 g/mol. The fourth-order valence-electron chi connectivity index (χ4n) is 0.907. The molecule has 0 rings (SSSR count). The van der Waals surface area contributed by atoms with Crippen LogP contribution in [0.2, 0.25) is 0 Å². The van der Waals surface area contributed by atoms with Crippen LogP contribution in [0.3, 0.4) is 0 Å². The predicted octanol–water partition coefficient (Wildman–Crippen LogP) is 1.03. The maximum absolute atomic E-state index is 8.30. The van der Waals surface area contributed by atoms with Gasteiger partial charge in [-0.15, -0.1) is 0 Å². The number of ether oxygens (including phenoxy) is 1. The molecule has 0 spiro atoms. The van der Waals surface area contributed by atoms with Gasteiger partial charge in [0.15, 0.2) is 12.5 Å². The zero-order valence-corrected chi connectivity index (χ0v) is 10.8. The minimum absolute atomic E-state index is 0.0419. The fraction of sp³-hybridized carbons (Fsp3) is 0.636. The molecule has 0 bridgehead atoms. The summed E-state index contributed by atoms with van der Waals surface area (Å²) in [5.74, 6) is 0.252. The molecule has 92 valence electrons. The van der Waals surface area contributed by atoms with Crippen molar-refractivity contribution in [3.05, 3.63) is 11.5 Å². The summed E-state index contributed by atoms with van der Waals surface area (Å²) >= 11 is 0. The molecule has 0 amide bonds. The molecule has 5 heteroatoms. The Morgan fingerprint density at radius 2 is 2.06 bits per heavy atom. The fourth-order valence-corrected chi connectivity index (χ4v) is 0.907. The van der Waals surface area contributed by atoms with Gasteiger partial charge in [-0.1, -0.05) is 13.8 Å². The number of nitriles is 1. The van der Waals surface area contributed by atoms with Gasteiger partial charge in [-0.25, -0.2) is 0 Å². The van der Waals surface area contributed by atoms with Crippen molar-refractivity contribution in [2.75, 3.05) is 27.2 Å². The van der Waals surface area contributed by atoms with E-state index in [1.165, 1.54) is 0 Å². The lowest BCUT2D eigenvalue weighted by Gasteiger charge is -2.09. The highest BCUT2D eigenvalue weighted by molar-refractivity contribution is 6.01. The number of nitrogens with two attached hydrogens (primary N) is 1. The molecular formula is C11H22N4O. The quantitative estimate of drug-likeness (QED) is 0.542. The molecule has 0 heterocycles. The molecule has 0 aromatic heterocycles. The third-order valence-corrected chi connectivity index (χ3v) is 1.71. The van der Waals surface area contributed by atoms with Gasteiger partial charge < -0.3 is 15.8 Å². The molecule has 0 saturated carbocycles. The van der Waals surface area contributed by atoms with Crippen molar-refractivity contribution in [3.8, 4) is 6.07 Å². The maximum atomic E-state index is 8.30. The van der Waals surface area contributed by atoms with Gasteiger partial charge in [0.1, 0.15) is 6.07 Å². The summed E-state index contributed by atoms with van der Waals surface area (Å²) in [5.41, 5.74) is 7.19. The molecule has 0 aliphatic rings. The third kappa shape index (κ3) is 6.85. The first-order chi connectivity index (χ1) is 7.67. The zero-order chi connectivity index (χ0) is 13.0. The molecule has 16 heavy (non-hydrogen) atoms. The Morgan fingerprint density at radius 3 is 2.44 bits per heavy atom. The van der Waals surface area contributed by atoms with Crippen molar-refractivity contribution in [2.24, 2.45) is 10.7 Å². The van der Waals surface area contributed by atoms with Crippen molar-refractivity contribution in [1.82, 2.24) is 5.32 Å². The van der Waals surface area contributed by atoms with Gasteiger partial charge in [0.25, 0.3) is 0 Å². The highest BCUT2D eigenvalue weighted by Gasteiger charge is 2.05. The van der Waals surface area contributed by atoms with Crippen LogP contribution in [-0.4, -0.2) is 33.0 Å². The van der Waals surface area contributed by atoms with Crippen LogP contribution in [0, 0.1) is 11.3 Å². The summed E-state index contributed by atoms with van der Waals surface area (Å²) in [6, 6.07) is 1.85. The van der Waals surface area contributed by atoms with Crippen molar-refractivity contribution < 1.29 is 4.74 Å². The van der Waals surface area contributed by atoms with E-state index in [1.54, 1.807) is 7.05 Å². The summed E-state index contributed by atoms with van der Waals surface area (Å²) in [6.07, 6.45) is 0. The van der Waals surface area contributed by atoms with Gasteiger partial charge in [-0.2, -0.15) is 5.26 Å². The number of nitrogens with one attached hydrogen (secondary N) is 1. The van der Waals surface area contributed by atoms with Gasteiger partial charge in [0.2, 0.25) is 0 Å². The SMILES string of the molecule is CC.CN=C(CNC)/C(C)=C(\N)OCC#N. The number of hydrogen-bond donors (Lipinski definition) is 2. The van der Waals surface area contributed by atoms with Crippen molar-refractivity contribution in [2.45, 2.75) is 20.8 Å². The average molecular weight is 226 g/mol. The second kappa shape index (κ2) is 11.5. The first-order valence-electron chi connectivity index (χ1n) is 5.24. The molecule has 5 nitrogen and oxygen atoms in total. The summed E-state index contributed by atoms with van der Waals surface area (Å²) in [7, 11) is 3.51. The topological polar surface area (TPSA) is 83.4 Å². The highest BCUT2D eigenvalue weighted by atomic mass is 16.5. The molecule has 0 saturated heterocycles. The first-order valence-corrected chi connectivity index (χ1v) is 5.24. The summed E-state index contributed by atoms with van der Waals surface area (Å²) in [6.45, 7) is 6.39. The number of nitrogens with zero attached hydrogens (tertiary/aromatic N) is 2. The molecule has 3 N–H and O–H groups in total. The molecular weight excluding hydrogens is 204 g/mol. The summed E-state index contributed by atoms with van der Waals surface area (Å²) in [4.78, 5) is 4.06. The zero-order valence-electron chi connectivity index (χ0n) is 10.8.